The van der Waals surface area contributed by atoms with Crippen LogP contribution in [0.1, 0.15) is 50.1 Å². The molecule has 0 amide bonds. The third-order valence-electron chi connectivity index (χ3n) is 11.8. The van der Waals surface area contributed by atoms with Gasteiger partial charge in [0.2, 0.25) is 0 Å². The van der Waals surface area contributed by atoms with E-state index in [-0.39, 0.29) is 0 Å². The van der Waals surface area contributed by atoms with Crippen molar-refractivity contribution in [2.75, 3.05) is 5.73 Å². The summed E-state index contributed by atoms with van der Waals surface area (Å²) in [5.41, 5.74) is 22.0. The van der Waals surface area contributed by atoms with Gasteiger partial charge in [0.1, 0.15) is 0 Å². The molecule has 0 saturated carbocycles. The number of nitrogen functional groups attached to an aromatic ring is 1. The van der Waals surface area contributed by atoms with E-state index >= 15 is 0 Å². The van der Waals surface area contributed by atoms with Crippen molar-refractivity contribution in [2.24, 2.45) is 0 Å². The minimum absolute atomic E-state index is 0.641. The zero-order valence-corrected chi connectivity index (χ0v) is 32.7. The van der Waals surface area contributed by atoms with Gasteiger partial charge in [0, 0.05) is 16.8 Å². The maximum Gasteiger partial charge on any atom is 0.0707 e. The van der Waals surface area contributed by atoms with Crippen molar-refractivity contribution < 1.29 is 0 Å². The van der Waals surface area contributed by atoms with E-state index in [4.69, 9.17) is 5.73 Å². The minimum atomic E-state index is -0.641. The third-order valence-corrected chi connectivity index (χ3v) is 11.8. The summed E-state index contributed by atoms with van der Waals surface area (Å²) in [6.45, 7) is 2.19. The van der Waals surface area contributed by atoms with Gasteiger partial charge < -0.3 is 5.73 Å². The molecule has 9 aromatic carbocycles. The highest BCUT2D eigenvalue weighted by atomic mass is 14.6. The zero-order chi connectivity index (χ0) is 39.4. The third kappa shape index (κ3) is 6.13. The topological polar surface area (TPSA) is 26.0 Å². The molecule has 1 nitrogen and oxygen atoms in total. The Kier molecular flexibility index (Phi) is 9.88. The van der Waals surface area contributed by atoms with Crippen LogP contribution >= 0.6 is 0 Å². The van der Waals surface area contributed by atoms with E-state index in [0.29, 0.717) is 0 Å². The summed E-state index contributed by atoms with van der Waals surface area (Å²) < 4.78 is 0. The molecule has 0 unspecified atom stereocenters. The molecule has 0 saturated heterocycles. The normalized spacial score (nSPS) is 11.6. The Hall–Kier alpha value is -7.22. The molecular formula is C57H45N. The number of rotatable bonds is 10. The van der Waals surface area contributed by atoms with Crippen LogP contribution in [-0.4, -0.2) is 0 Å². The first-order valence-corrected chi connectivity index (χ1v) is 20.1. The van der Waals surface area contributed by atoms with Gasteiger partial charge in [0.15, 0.2) is 0 Å². The van der Waals surface area contributed by atoms with Gasteiger partial charge in [-0.25, -0.2) is 0 Å². The number of anilines is 1. The smallest absolute Gasteiger partial charge is 0.0707 e. The van der Waals surface area contributed by atoms with Crippen LogP contribution in [0.4, 0.5) is 5.69 Å². The van der Waals surface area contributed by atoms with E-state index in [1.807, 2.05) is 0 Å². The SMILES string of the molecule is Cc1cc(-c2ccccc2C(c2ccccc2)(c2ccccc2)c2ccccc2)c(N)c(-c2ccccc2C(c2ccccc2)(c2ccccc2)c2ccccc2)c1. The first kappa shape index (κ1) is 36.4. The molecule has 9 rings (SSSR count). The summed E-state index contributed by atoms with van der Waals surface area (Å²) in [5, 5.41) is 0. The van der Waals surface area contributed by atoms with Crippen molar-refractivity contribution in [3.8, 4) is 22.3 Å². The fraction of sp³-hybridized carbons (Fsp3) is 0.0526. The summed E-state index contributed by atoms with van der Waals surface area (Å²) >= 11 is 0. The number of hydrogen-bond donors (Lipinski definition) is 1. The zero-order valence-electron chi connectivity index (χ0n) is 32.7. The Morgan fingerprint density at radius 1 is 0.276 bits per heavy atom. The predicted octanol–water partition coefficient (Wildman–Crippen LogP) is 13.7. The molecule has 0 atom stereocenters. The van der Waals surface area contributed by atoms with Crippen molar-refractivity contribution in [3.05, 3.63) is 293 Å². The molecule has 0 aliphatic rings. The Morgan fingerprint density at radius 2 is 0.500 bits per heavy atom. The van der Waals surface area contributed by atoms with Crippen molar-refractivity contribution in [3.63, 3.8) is 0 Å². The lowest BCUT2D eigenvalue weighted by Gasteiger charge is -2.39. The molecule has 1 heteroatoms. The van der Waals surface area contributed by atoms with E-state index in [9.17, 15) is 0 Å². The van der Waals surface area contributed by atoms with Gasteiger partial charge in [-0.15, -0.1) is 0 Å². The van der Waals surface area contributed by atoms with E-state index in [2.05, 4.69) is 250 Å². The quantitative estimate of drug-likeness (QED) is 0.110. The van der Waals surface area contributed by atoms with Crippen LogP contribution in [0.3, 0.4) is 0 Å². The van der Waals surface area contributed by atoms with Gasteiger partial charge in [-0.2, -0.15) is 0 Å². The van der Waals surface area contributed by atoms with Crippen molar-refractivity contribution >= 4 is 5.69 Å². The van der Waals surface area contributed by atoms with Gasteiger partial charge >= 0.3 is 0 Å². The summed E-state index contributed by atoms with van der Waals surface area (Å²) in [6.07, 6.45) is 0. The lowest BCUT2D eigenvalue weighted by atomic mass is 9.63. The molecule has 0 radical (unpaired) electrons. The Labute approximate surface area is 342 Å². The molecule has 278 valence electrons. The molecule has 0 aromatic heterocycles. The molecular weight excluding hydrogens is 699 g/mol. The maximum absolute atomic E-state index is 7.67. The van der Waals surface area contributed by atoms with Crippen LogP contribution in [0.25, 0.3) is 22.3 Å². The number of aryl methyl sites for hydroxylation is 1. The predicted molar refractivity (Wildman–Crippen MR) is 243 cm³/mol. The largest absolute Gasteiger partial charge is 0.398 e. The molecule has 0 aliphatic heterocycles. The van der Waals surface area contributed by atoms with Gasteiger partial charge in [-0.1, -0.05) is 231 Å². The summed E-state index contributed by atoms with van der Waals surface area (Å²) in [7, 11) is 0. The highest BCUT2D eigenvalue weighted by Gasteiger charge is 2.42. The van der Waals surface area contributed by atoms with Gasteiger partial charge in [0.25, 0.3) is 0 Å². The highest BCUT2D eigenvalue weighted by molar-refractivity contribution is 5.93. The van der Waals surface area contributed by atoms with Crippen molar-refractivity contribution in [1.82, 2.24) is 0 Å². The average Bonchev–Trinajstić information content (AvgIpc) is 3.30. The van der Waals surface area contributed by atoms with E-state index in [1.165, 1.54) is 44.5 Å². The molecule has 0 spiro atoms. The van der Waals surface area contributed by atoms with E-state index < -0.39 is 10.8 Å². The minimum Gasteiger partial charge on any atom is -0.398 e. The number of benzene rings is 9. The van der Waals surface area contributed by atoms with Crippen LogP contribution < -0.4 is 5.73 Å². The lowest BCUT2D eigenvalue weighted by Crippen LogP contribution is -2.32. The maximum atomic E-state index is 7.67. The summed E-state index contributed by atoms with van der Waals surface area (Å²) in [5.74, 6) is 0. The van der Waals surface area contributed by atoms with Crippen LogP contribution in [0.2, 0.25) is 0 Å². The van der Waals surface area contributed by atoms with Crippen molar-refractivity contribution in [1.29, 1.82) is 0 Å². The standard InChI is InChI=1S/C57H45N/c1-42-40-51(49-36-20-22-38-53(49)56(43-24-8-2-9-25-43,44-26-10-3-11-27-44)45-28-12-4-13-29-45)55(58)52(41-42)50-37-21-23-39-54(50)57(46-30-14-5-15-31-46,47-32-16-6-17-33-47)48-34-18-7-19-35-48/h2-41H,58H2,1H3. The number of hydrogen-bond acceptors (Lipinski definition) is 1. The van der Waals surface area contributed by atoms with Gasteiger partial charge in [-0.05, 0) is 80.3 Å². The summed E-state index contributed by atoms with van der Waals surface area (Å²) in [6, 6.07) is 87.7. The van der Waals surface area contributed by atoms with E-state index in [0.717, 1.165) is 33.5 Å². The van der Waals surface area contributed by atoms with Gasteiger partial charge in [-0.3, -0.25) is 0 Å². The molecule has 0 bridgehead atoms. The van der Waals surface area contributed by atoms with Gasteiger partial charge in [0.05, 0.1) is 10.8 Å². The van der Waals surface area contributed by atoms with Crippen LogP contribution in [-0.2, 0) is 10.8 Å². The Morgan fingerprint density at radius 3 is 0.759 bits per heavy atom. The second-order valence-corrected chi connectivity index (χ2v) is 15.1. The van der Waals surface area contributed by atoms with Crippen molar-refractivity contribution in [2.45, 2.75) is 17.8 Å². The van der Waals surface area contributed by atoms with E-state index in [1.54, 1.807) is 0 Å². The Balaban J connectivity index is 1.35. The molecule has 0 aliphatic carbocycles. The van der Waals surface area contributed by atoms with Crippen LogP contribution in [0.5, 0.6) is 0 Å². The average molecular weight is 744 g/mol. The fourth-order valence-corrected chi connectivity index (χ4v) is 9.40. The molecule has 2 N–H and O–H groups in total. The lowest BCUT2D eigenvalue weighted by molar-refractivity contribution is 0.746. The first-order chi connectivity index (χ1) is 28.6. The molecule has 9 aromatic rings. The first-order valence-electron chi connectivity index (χ1n) is 20.1. The second kappa shape index (κ2) is 15.7. The number of nitrogens with two attached hydrogens (primary N) is 1. The van der Waals surface area contributed by atoms with Crippen LogP contribution in [0, 0.1) is 6.92 Å². The molecule has 0 heterocycles. The molecule has 0 fully saturated rings. The highest BCUT2D eigenvalue weighted by Crippen LogP contribution is 2.52. The second-order valence-electron chi connectivity index (χ2n) is 15.1. The Bertz CT molecular complexity index is 2380. The fourth-order valence-electron chi connectivity index (χ4n) is 9.40. The molecule has 58 heavy (non-hydrogen) atoms. The summed E-state index contributed by atoms with van der Waals surface area (Å²) in [4.78, 5) is 0. The van der Waals surface area contributed by atoms with Crippen LogP contribution in [0.15, 0.2) is 243 Å². The monoisotopic (exact) mass is 743 g/mol.